The normalized spacial score (nSPS) is 20.2. The molecule has 2 N–H and O–H groups in total. The number of likely N-dealkylation sites (tertiary alicyclic amines) is 1. The van der Waals surface area contributed by atoms with E-state index in [1.165, 1.54) is 24.3 Å². The number of likely N-dealkylation sites (N-methyl/N-ethyl adjacent to an activating group) is 1. The third-order valence-electron chi connectivity index (χ3n) is 3.28. The number of carbonyl (C=O) groups is 1. The fourth-order valence-corrected chi connectivity index (χ4v) is 2.07. The zero-order valence-corrected chi connectivity index (χ0v) is 11.4. The maximum Gasteiger partial charge on any atom is 0.239 e. The second-order valence-electron chi connectivity index (χ2n) is 4.93. The molecule has 1 aliphatic rings. The monoisotopic (exact) mass is 282 g/mol. The Morgan fingerprint density at radius 3 is 2.80 bits per heavy atom. The van der Waals surface area contributed by atoms with Gasteiger partial charge in [0.05, 0.1) is 6.04 Å². The molecule has 1 aliphatic heterocycles. The molecule has 0 spiro atoms. The molecule has 0 radical (unpaired) electrons. The molecule has 20 heavy (non-hydrogen) atoms. The average molecular weight is 282 g/mol. The van der Waals surface area contributed by atoms with Crippen LogP contribution in [0.1, 0.15) is 6.42 Å². The molecule has 1 heterocycles. The van der Waals surface area contributed by atoms with E-state index in [9.17, 15) is 14.3 Å². The molecule has 0 aromatic heterocycles. The lowest BCUT2D eigenvalue weighted by molar-refractivity contribution is -0.128. The summed E-state index contributed by atoms with van der Waals surface area (Å²) in [6.07, 6.45) is 0.0275. The van der Waals surface area contributed by atoms with Gasteiger partial charge in [0, 0.05) is 20.1 Å². The van der Waals surface area contributed by atoms with Gasteiger partial charge in [-0.05, 0) is 30.7 Å². The standard InChI is InChI=1S/C14H19FN2O3/c1-17-7-6-13(14(17)19)16-8-11(18)9-20-12-4-2-10(15)3-5-12/h2-5,11,13,16,18H,6-9H2,1H3. The minimum Gasteiger partial charge on any atom is -0.491 e. The van der Waals surface area contributed by atoms with E-state index in [2.05, 4.69) is 5.32 Å². The van der Waals surface area contributed by atoms with Crippen LogP contribution in [-0.4, -0.2) is 54.8 Å². The first kappa shape index (κ1) is 14.7. The second kappa shape index (κ2) is 6.67. The van der Waals surface area contributed by atoms with Crippen LogP contribution >= 0.6 is 0 Å². The topological polar surface area (TPSA) is 61.8 Å². The van der Waals surface area contributed by atoms with Crippen LogP contribution in [0.3, 0.4) is 0 Å². The van der Waals surface area contributed by atoms with Crippen LogP contribution in [0.4, 0.5) is 4.39 Å². The first-order valence-corrected chi connectivity index (χ1v) is 6.61. The number of hydrogen-bond acceptors (Lipinski definition) is 4. The predicted octanol–water partition coefficient (Wildman–Crippen LogP) is 0.386. The summed E-state index contributed by atoms with van der Waals surface area (Å²) in [4.78, 5) is 13.3. The number of ether oxygens (including phenoxy) is 1. The Morgan fingerprint density at radius 1 is 1.50 bits per heavy atom. The van der Waals surface area contributed by atoms with Crippen molar-refractivity contribution in [1.82, 2.24) is 10.2 Å². The van der Waals surface area contributed by atoms with E-state index in [-0.39, 0.29) is 30.9 Å². The summed E-state index contributed by atoms with van der Waals surface area (Å²) in [5, 5.41) is 12.8. The number of aliphatic hydroxyl groups excluding tert-OH is 1. The van der Waals surface area contributed by atoms with Gasteiger partial charge in [-0.3, -0.25) is 4.79 Å². The number of hydrogen-bond donors (Lipinski definition) is 2. The molecule has 1 fully saturated rings. The van der Waals surface area contributed by atoms with Crippen molar-refractivity contribution in [1.29, 1.82) is 0 Å². The maximum absolute atomic E-state index is 12.7. The van der Waals surface area contributed by atoms with Gasteiger partial charge >= 0.3 is 0 Å². The van der Waals surface area contributed by atoms with Crippen molar-refractivity contribution in [2.45, 2.75) is 18.6 Å². The lowest BCUT2D eigenvalue weighted by atomic mass is 10.2. The Labute approximate surface area is 117 Å². The number of halogens is 1. The molecule has 0 aliphatic carbocycles. The fourth-order valence-electron chi connectivity index (χ4n) is 2.07. The number of rotatable bonds is 6. The predicted molar refractivity (Wildman–Crippen MR) is 71.9 cm³/mol. The van der Waals surface area contributed by atoms with Crippen molar-refractivity contribution in [3.05, 3.63) is 30.1 Å². The van der Waals surface area contributed by atoms with Gasteiger partial charge < -0.3 is 20.1 Å². The minimum atomic E-state index is -0.723. The Balaban J connectivity index is 1.69. The highest BCUT2D eigenvalue weighted by Crippen LogP contribution is 2.11. The van der Waals surface area contributed by atoms with Crippen LogP contribution in [0, 0.1) is 5.82 Å². The molecule has 0 saturated carbocycles. The molecule has 110 valence electrons. The van der Waals surface area contributed by atoms with Crippen LogP contribution in [0.5, 0.6) is 5.75 Å². The molecule has 1 aromatic rings. The molecule has 2 atom stereocenters. The summed E-state index contributed by atoms with van der Waals surface area (Å²) in [7, 11) is 1.76. The highest BCUT2D eigenvalue weighted by Gasteiger charge is 2.28. The van der Waals surface area contributed by atoms with Crippen LogP contribution in [0.25, 0.3) is 0 Å². The fraction of sp³-hybridized carbons (Fsp3) is 0.500. The summed E-state index contributed by atoms with van der Waals surface area (Å²) in [5.41, 5.74) is 0. The number of carbonyl (C=O) groups excluding carboxylic acids is 1. The van der Waals surface area contributed by atoms with Gasteiger partial charge in [0.2, 0.25) is 5.91 Å². The van der Waals surface area contributed by atoms with Crippen molar-refractivity contribution in [2.75, 3.05) is 26.7 Å². The van der Waals surface area contributed by atoms with Crippen molar-refractivity contribution in [3.63, 3.8) is 0 Å². The smallest absolute Gasteiger partial charge is 0.239 e. The zero-order valence-electron chi connectivity index (χ0n) is 11.4. The summed E-state index contributed by atoms with van der Waals surface area (Å²) < 4.78 is 18.0. The SMILES string of the molecule is CN1CCC(NCC(O)COc2ccc(F)cc2)C1=O. The first-order chi connectivity index (χ1) is 9.56. The third-order valence-corrected chi connectivity index (χ3v) is 3.28. The molecule has 2 rings (SSSR count). The summed E-state index contributed by atoms with van der Waals surface area (Å²) >= 11 is 0. The van der Waals surface area contributed by atoms with E-state index in [1.54, 1.807) is 11.9 Å². The Morgan fingerprint density at radius 2 is 2.20 bits per heavy atom. The molecular formula is C14H19FN2O3. The molecule has 0 bridgehead atoms. The average Bonchev–Trinajstić information content (AvgIpc) is 2.76. The van der Waals surface area contributed by atoms with Crippen LogP contribution in [-0.2, 0) is 4.79 Å². The lowest BCUT2D eigenvalue weighted by Crippen LogP contribution is -2.42. The minimum absolute atomic E-state index is 0.0525. The van der Waals surface area contributed by atoms with Crippen LogP contribution in [0.2, 0.25) is 0 Å². The lowest BCUT2D eigenvalue weighted by Gasteiger charge is -2.16. The quantitative estimate of drug-likeness (QED) is 0.792. The highest BCUT2D eigenvalue weighted by molar-refractivity contribution is 5.83. The van der Waals surface area contributed by atoms with Crippen molar-refractivity contribution >= 4 is 5.91 Å². The Kier molecular flexibility index (Phi) is 4.92. The van der Waals surface area contributed by atoms with Gasteiger partial charge in [0.15, 0.2) is 0 Å². The number of amides is 1. The molecule has 1 saturated heterocycles. The molecule has 5 nitrogen and oxygen atoms in total. The molecular weight excluding hydrogens is 263 g/mol. The van der Waals surface area contributed by atoms with Gasteiger partial charge in [0.25, 0.3) is 0 Å². The molecule has 6 heteroatoms. The first-order valence-electron chi connectivity index (χ1n) is 6.61. The number of nitrogens with zero attached hydrogens (tertiary/aromatic N) is 1. The van der Waals surface area contributed by atoms with Gasteiger partial charge in [-0.25, -0.2) is 4.39 Å². The summed E-state index contributed by atoms with van der Waals surface area (Å²) in [6.45, 7) is 1.11. The third kappa shape index (κ3) is 3.91. The van der Waals surface area contributed by atoms with E-state index in [0.29, 0.717) is 5.75 Å². The second-order valence-corrected chi connectivity index (χ2v) is 4.93. The van der Waals surface area contributed by atoms with Crippen molar-refractivity contribution in [2.24, 2.45) is 0 Å². The molecule has 1 aromatic carbocycles. The van der Waals surface area contributed by atoms with E-state index in [0.717, 1.165) is 13.0 Å². The molecule has 2 unspecified atom stereocenters. The summed E-state index contributed by atoms with van der Waals surface area (Å²) in [6, 6.07) is 5.39. The van der Waals surface area contributed by atoms with Crippen molar-refractivity contribution < 1.29 is 19.0 Å². The van der Waals surface area contributed by atoms with Gasteiger partial charge in [-0.1, -0.05) is 0 Å². The highest BCUT2D eigenvalue weighted by atomic mass is 19.1. The Hall–Kier alpha value is -1.66. The van der Waals surface area contributed by atoms with Crippen LogP contribution < -0.4 is 10.1 Å². The molecule has 1 amide bonds. The maximum atomic E-state index is 12.7. The van der Waals surface area contributed by atoms with Crippen molar-refractivity contribution in [3.8, 4) is 5.75 Å². The number of nitrogens with one attached hydrogen (secondary N) is 1. The van der Waals surface area contributed by atoms with E-state index < -0.39 is 6.10 Å². The van der Waals surface area contributed by atoms with Gasteiger partial charge in [-0.2, -0.15) is 0 Å². The van der Waals surface area contributed by atoms with E-state index in [1.807, 2.05) is 0 Å². The number of aliphatic hydroxyl groups is 1. The zero-order chi connectivity index (χ0) is 14.5. The largest absolute Gasteiger partial charge is 0.491 e. The van der Waals surface area contributed by atoms with Gasteiger partial charge in [0.1, 0.15) is 24.3 Å². The van der Waals surface area contributed by atoms with Gasteiger partial charge in [-0.15, -0.1) is 0 Å². The number of benzene rings is 1. The van der Waals surface area contributed by atoms with E-state index in [4.69, 9.17) is 4.74 Å². The summed E-state index contributed by atoms with van der Waals surface area (Å²) in [5.74, 6) is 0.224. The van der Waals surface area contributed by atoms with E-state index >= 15 is 0 Å². The Bertz CT molecular complexity index is 452. The van der Waals surface area contributed by atoms with Crippen LogP contribution in [0.15, 0.2) is 24.3 Å².